The standard InChI is InChI=1S/C14H21/c1-13(2,3)11-7-9-12(10-8-11)14(4,5)6/h7-10H,1H2,2-6H3/q+1. The van der Waals surface area contributed by atoms with Crippen molar-refractivity contribution >= 4 is 0 Å². The van der Waals surface area contributed by atoms with Crippen molar-refractivity contribution in [2.24, 2.45) is 0 Å². The highest BCUT2D eigenvalue weighted by Gasteiger charge is 2.22. The van der Waals surface area contributed by atoms with Gasteiger partial charge in [-0.05, 0) is 24.8 Å². The molecule has 0 saturated heterocycles. The highest BCUT2D eigenvalue weighted by Crippen LogP contribution is 2.26. The Kier molecular flexibility index (Phi) is 2.67. The van der Waals surface area contributed by atoms with Gasteiger partial charge in [0.15, 0.2) is 0 Å². The summed E-state index contributed by atoms with van der Waals surface area (Å²) in [5.41, 5.74) is 2.93. The van der Waals surface area contributed by atoms with Gasteiger partial charge in [0.25, 0.3) is 0 Å². The van der Waals surface area contributed by atoms with Gasteiger partial charge in [-0.2, -0.15) is 0 Å². The molecule has 0 aliphatic heterocycles. The van der Waals surface area contributed by atoms with Crippen molar-refractivity contribution < 1.29 is 0 Å². The molecule has 0 atom stereocenters. The zero-order valence-corrected chi connectivity index (χ0v) is 10.0. The molecule has 0 heterocycles. The fraction of sp³-hybridized carbons (Fsp3) is 0.500. The van der Waals surface area contributed by atoms with Gasteiger partial charge in [-0.25, -0.2) is 0 Å². The van der Waals surface area contributed by atoms with Crippen LogP contribution in [0.2, 0.25) is 0 Å². The van der Waals surface area contributed by atoms with Crippen LogP contribution in [0.15, 0.2) is 24.3 Å². The van der Waals surface area contributed by atoms with Crippen molar-refractivity contribution in [3.8, 4) is 0 Å². The van der Waals surface area contributed by atoms with Gasteiger partial charge < -0.3 is 0 Å². The summed E-state index contributed by atoms with van der Waals surface area (Å²) in [7, 11) is 0. The maximum atomic E-state index is 4.13. The van der Waals surface area contributed by atoms with Crippen LogP contribution in [-0.4, -0.2) is 0 Å². The highest BCUT2D eigenvalue weighted by atomic mass is 14.2. The summed E-state index contributed by atoms with van der Waals surface area (Å²) in [6, 6.07) is 8.80. The zero-order valence-electron chi connectivity index (χ0n) is 10.0. The average molecular weight is 189 g/mol. The minimum Gasteiger partial charge on any atom is -0.0581 e. The van der Waals surface area contributed by atoms with Gasteiger partial charge in [-0.3, -0.25) is 0 Å². The van der Waals surface area contributed by atoms with Gasteiger partial charge in [-0.15, -0.1) is 0 Å². The lowest BCUT2D eigenvalue weighted by Crippen LogP contribution is -2.14. The minimum atomic E-state index is 0.0103. The van der Waals surface area contributed by atoms with E-state index < -0.39 is 0 Å². The first-order valence-electron chi connectivity index (χ1n) is 5.17. The number of benzene rings is 1. The molecule has 0 amide bonds. The molecule has 0 heteroatoms. The van der Waals surface area contributed by atoms with Crippen LogP contribution < -0.4 is 0 Å². The third-order valence-electron chi connectivity index (χ3n) is 2.53. The van der Waals surface area contributed by atoms with E-state index in [1.165, 1.54) is 11.1 Å². The smallest absolute Gasteiger partial charge is 0.0581 e. The van der Waals surface area contributed by atoms with E-state index in [1.54, 1.807) is 0 Å². The maximum absolute atomic E-state index is 4.13. The van der Waals surface area contributed by atoms with Crippen molar-refractivity contribution in [1.82, 2.24) is 0 Å². The molecule has 0 aromatic heterocycles. The SMILES string of the molecule is [CH2+]C(C)(C)c1ccc(C(C)(C)C)cc1. The third-order valence-corrected chi connectivity index (χ3v) is 2.53. The molecule has 0 N–H and O–H groups in total. The highest BCUT2D eigenvalue weighted by molar-refractivity contribution is 5.31. The molecule has 0 bridgehead atoms. The molecule has 14 heavy (non-hydrogen) atoms. The van der Waals surface area contributed by atoms with E-state index in [0.29, 0.717) is 0 Å². The van der Waals surface area contributed by atoms with Crippen molar-refractivity contribution in [2.45, 2.75) is 45.4 Å². The van der Waals surface area contributed by atoms with Crippen LogP contribution in [-0.2, 0) is 10.8 Å². The second-order valence-electron chi connectivity index (χ2n) is 5.71. The summed E-state index contributed by atoms with van der Waals surface area (Å²) >= 11 is 0. The Balaban J connectivity index is 3.02. The number of rotatable bonds is 1. The maximum Gasteiger partial charge on any atom is 0.125 e. The zero-order chi connectivity index (χ0) is 11.0. The van der Waals surface area contributed by atoms with Crippen molar-refractivity contribution in [3.63, 3.8) is 0 Å². The van der Waals surface area contributed by atoms with Crippen molar-refractivity contribution in [3.05, 3.63) is 42.3 Å². The summed E-state index contributed by atoms with van der Waals surface area (Å²) in [5, 5.41) is 0. The van der Waals surface area contributed by atoms with E-state index in [1.807, 2.05) is 0 Å². The third kappa shape index (κ3) is 2.54. The monoisotopic (exact) mass is 189 g/mol. The predicted octanol–water partition coefficient (Wildman–Crippen LogP) is 4.10. The van der Waals surface area contributed by atoms with Gasteiger partial charge in [0.05, 0.1) is 6.92 Å². The summed E-state index contributed by atoms with van der Waals surface area (Å²) < 4.78 is 0. The van der Waals surface area contributed by atoms with Crippen LogP contribution in [0.5, 0.6) is 0 Å². The molecule has 0 spiro atoms. The Labute approximate surface area is 88.4 Å². The first-order chi connectivity index (χ1) is 6.21. The molecule has 76 valence electrons. The molecule has 0 aliphatic rings. The molecule has 0 radical (unpaired) electrons. The topological polar surface area (TPSA) is 0 Å². The van der Waals surface area contributed by atoms with E-state index >= 15 is 0 Å². The molecule has 0 unspecified atom stereocenters. The van der Waals surface area contributed by atoms with E-state index in [9.17, 15) is 0 Å². The van der Waals surface area contributed by atoms with Crippen LogP contribution in [0.3, 0.4) is 0 Å². The normalized spacial score (nSPS) is 12.9. The first kappa shape index (κ1) is 11.2. The van der Waals surface area contributed by atoms with E-state index in [0.717, 1.165) is 0 Å². The van der Waals surface area contributed by atoms with Crippen molar-refractivity contribution in [2.75, 3.05) is 0 Å². The number of hydrogen-bond acceptors (Lipinski definition) is 0. The lowest BCUT2D eigenvalue weighted by Gasteiger charge is -2.20. The van der Waals surface area contributed by atoms with Crippen LogP contribution in [0.25, 0.3) is 0 Å². The van der Waals surface area contributed by atoms with Crippen LogP contribution >= 0.6 is 0 Å². The molecule has 0 nitrogen and oxygen atoms in total. The summed E-state index contributed by atoms with van der Waals surface area (Å²) in [6.45, 7) is 15.1. The van der Waals surface area contributed by atoms with Gasteiger partial charge >= 0.3 is 0 Å². The second-order valence-corrected chi connectivity index (χ2v) is 5.71. The van der Waals surface area contributed by atoms with Crippen molar-refractivity contribution in [1.29, 1.82) is 0 Å². The number of hydrogen-bond donors (Lipinski definition) is 0. The molecule has 0 fully saturated rings. The second kappa shape index (κ2) is 3.34. The Hall–Kier alpha value is -0.910. The lowest BCUT2D eigenvalue weighted by molar-refractivity contribution is 0.588. The average Bonchev–Trinajstić information content (AvgIpc) is 2.01. The van der Waals surface area contributed by atoms with Crippen LogP contribution in [0.1, 0.15) is 45.7 Å². The first-order valence-corrected chi connectivity index (χ1v) is 5.17. The summed E-state index contributed by atoms with van der Waals surface area (Å²) in [6.07, 6.45) is 0. The summed E-state index contributed by atoms with van der Waals surface area (Å²) in [5.74, 6) is 0. The van der Waals surface area contributed by atoms with Gasteiger partial charge in [0.2, 0.25) is 0 Å². The molecule has 1 aromatic rings. The fourth-order valence-electron chi connectivity index (χ4n) is 1.42. The minimum absolute atomic E-state index is 0.0103. The van der Waals surface area contributed by atoms with Crippen LogP contribution in [0.4, 0.5) is 0 Å². The molecular weight excluding hydrogens is 168 g/mol. The molecule has 1 rings (SSSR count). The Bertz CT molecular complexity index is 257. The molecule has 1 aromatic carbocycles. The molecule has 0 saturated carbocycles. The quantitative estimate of drug-likeness (QED) is 0.584. The largest absolute Gasteiger partial charge is 0.125 e. The Morgan fingerprint density at radius 3 is 1.43 bits per heavy atom. The molecule has 0 aliphatic carbocycles. The van der Waals surface area contributed by atoms with E-state index in [-0.39, 0.29) is 10.8 Å². The lowest BCUT2D eigenvalue weighted by atomic mass is 9.82. The fourth-order valence-corrected chi connectivity index (χ4v) is 1.42. The van der Waals surface area contributed by atoms with Crippen LogP contribution in [0, 0.1) is 6.92 Å². The summed E-state index contributed by atoms with van der Waals surface area (Å²) in [4.78, 5) is 0. The Morgan fingerprint density at radius 1 is 0.786 bits per heavy atom. The molecular formula is C14H21+. The Morgan fingerprint density at radius 2 is 1.14 bits per heavy atom. The van der Waals surface area contributed by atoms with E-state index in [4.69, 9.17) is 0 Å². The van der Waals surface area contributed by atoms with E-state index in [2.05, 4.69) is 65.8 Å². The van der Waals surface area contributed by atoms with Gasteiger partial charge in [0.1, 0.15) is 5.41 Å². The predicted molar refractivity (Wildman–Crippen MR) is 63.5 cm³/mol. The van der Waals surface area contributed by atoms with Gasteiger partial charge in [0, 0.05) is 5.56 Å². The van der Waals surface area contributed by atoms with Gasteiger partial charge in [-0.1, -0.05) is 45.0 Å².